The molecule has 128 valence electrons. The highest BCUT2D eigenvalue weighted by Gasteiger charge is 2.26. The fraction of sp³-hybridized carbons (Fsp3) is 0.188. The number of carbonyl (C=O) groups is 1. The Morgan fingerprint density at radius 1 is 1.04 bits per heavy atom. The van der Waals surface area contributed by atoms with E-state index in [1.165, 1.54) is 48.3 Å². The molecule has 0 aliphatic carbocycles. The van der Waals surface area contributed by atoms with Gasteiger partial charge in [0.25, 0.3) is 5.91 Å². The third-order valence-corrected chi connectivity index (χ3v) is 4.74. The van der Waals surface area contributed by atoms with Crippen molar-refractivity contribution in [1.82, 2.24) is 4.90 Å². The van der Waals surface area contributed by atoms with Crippen LogP contribution in [0, 0.1) is 5.82 Å². The van der Waals surface area contributed by atoms with Crippen molar-refractivity contribution in [3.05, 3.63) is 65.5 Å². The van der Waals surface area contributed by atoms with E-state index < -0.39 is 26.4 Å². The lowest BCUT2D eigenvalue weighted by Gasteiger charge is -2.17. The second-order valence-corrected chi connectivity index (χ2v) is 7.04. The Hall–Kier alpha value is -2.35. The number of hydrogen-bond acceptors (Lipinski definition) is 3. The molecule has 0 atom stereocenters. The van der Waals surface area contributed by atoms with Crippen molar-refractivity contribution in [1.29, 1.82) is 0 Å². The summed E-state index contributed by atoms with van der Waals surface area (Å²) in [6.07, 6.45) is 0. The predicted octanol–water partition coefficient (Wildman–Crippen LogP) is 3.09. The molecule has 2 rings (SSSR count). The summed E-state index contributed by atoms with van der Waals surface area (Å²) in [6, 6.07) is 9.93. The number of nitrogens with zero attached hydrogens (tertiary/aromatic N) is 1. The molecule has 8 heteroatoms. The second kappa shape index (κ2) is 7.04. The van der Waals surface area contributed by atoms with Crippen molar-refractivity contribution >= 4 is 15.7 Å². The van der Waals surface area contributed by atoms with Crippen LogP contribution in [0.1, 0.15) is 15.9 Å². The number of carbonyl (C=O) groups excluding carboxylic acids is 1. The molecule has 0 aliphatic heterocycles. The summed E-state index contributed by atoms with van der Waals surface area (Å²) in [6.45, 7) is 0.218. The van der Waals surface area contributed by atoms with Crippen molar-refractivity contribution in [2.75, 3.05) is 7.05 Å². The maximum atomic E-state index is 12.9. The van der Waals surface area contributed by atoms with Crippen LogP contribution in [0.25, 0.3) is 0 Å². The van der Waals surface area contributed by atoms with Crippen molar-refractivity contribution in [2.45, 2.75) is 17.2 Å². The third-order valence-electron chi connectivity index (χ3n) is 3.34. The zero-order valence-corrected chi connectivity index (χ0v) is 13.4. The van der Waals surface area contributed by atoms with Crippen LogP contribution in [0.4, 0.5) is 13.2 Å². The Balaban J connectivity index is 2.13. The zero-order chi connectivity index (χ0) is 17.9. The van der Waals surface area contributed by atoms with Crippen molar-refractivity contribution in [3.8, 4) is 0 Å². The van der Waals surface area contributed by atoms with Gasteiger partial charge in [-0.05, 0) is 42.0 Å². The number of alkyl halides is 2. The fourth-order valence-corrected chi connectivity index (χ4v) is 2.77. The third kappa shape index (κ3) is 3.94. The van der Waals surface area contributed by atoms with E-state index in [0.29, 0.717) is 5.56 Å². The second-order valence-electron chi connectivity index (χ2n) is 5.12. The van der Waals surface area contributed by atoms with Gasteiger partial charge in [0.2, 0.25) is 9.84 Å². The molecule has 0 radical (unpaired) electrons. The van der Waals surface area contributed by atoms with E-state index in [4.69, 9.17) is 0 Å². The van der Waals surface area contributed by atoms with Crippen LogP contribution in [0.5, 0.6) is 0 Å². The van der Waals surface area contributed by atoms with Crippen LogP contribution < -0.4 is 0 Å². The number of hydrogen-bond donors (Lipinski definition) is 0. The van der Waals surface area contributed by atoms with Crippen LogP contribution in [0.3, 0.4) is 0 Å². The molecule has 0 unspecified atom stereocenters. The first-order valence-electron chi connectivity index (χ1n) is 6.84. The Morgan fingerprint density at radius 2 is 1.58 bits per heavy atom. The number of rotatable bonds is 5. The van der Waals surface area contributed by atoms with Gasteiger partial charge < -0.3 is 4.90 Å². The predicted molar refractivity (Wildman–Crippen MR) is 81.8 cm³/mol. The minimum Gasteiger partial charge on any atom is -0.337 e. The monoisotopic (exact) mass is 357 g/mol. The number of amides is 1. The lowest BCUT2D eigenvalue weighted by atomic mass is 10.1. The Bertz CT molecular complexity index is 819. The van der Waals surface area contributed by atoms with E-state index in [1.807, 2.05) is 0 Å². The number of sulfone groups is 1. The Morgan fingerprint density at radius 3 is 2.08 bits per heavy atom. The van der Waals surface area contributed by atoms with Crippen LogP contribution in [0.2, 0.25) is 0 Å². The van der Waals surface area contributed by atoms with Crippen molar-refractivity contribution in [3.63, 3.8) is 0 Å². The molecular weight excluding hydrogens is 343 g/mol. The van der Waals surface area contributed by atoms with Crippen LogP contribution in [-0.4, -0.2) is 32.0 Å². The van der Waals surface area contributed by atoms with Gasteiger partial charge in [-0.15, -0.1) is 0 Å². The lowest BCUT2D eigenvalue weighted by molar-refractivity contribution is 0.0785. The molecular formula is C16H14F3NO3S. The molecule has 0 N–H and O–H groups in total. The van der Waals surface area contributed by atoms with E-state index in [2.05, 4.69) is 0 Å². The summed E-state index contributed by atoms with van der Waals surface area (Å²) < 4.78 is 60.5. The van der Waals surface area contributed by atoms with Crippen LogP contribution in [0.15, 0.2) is 53.4 Å². The largest absolute Gasteiger partial charge is 0.341 e. The van der Waals surface area contributed by atoms with E-state index in [-0.39, 0.29) is 17.9 Å². The summed E-state index contributed by atoms with van der Waals surface area (Å²) in [5.74, 6) is -4.32. The molecule has 0 spiro atoms. The van der Waals surface area contributed by atoms with Gasteiger partial charge in [0.1, 0.15) is 5.82 Å². The quantitative estimate of drug-likeness (QED) is 0.826. The molecule has 2 aromatic rings. The summed E-state index contributed by atoms with van der Waals surface area (Å²) in [4.78, 5) is 13.1. The molecule has 4 nitrogen and oxygen atoms in total. The van der Waals surface area contributed by atoms with Gasteiger partial charge in [-0.2, -0.15) is 8.78 Å². The molecule has 2 aromatic carbocycles. The molecule has 1 amide bonds. The van der Waals surface area contributed by atoms with E-state index >= 15 is 0 Å². The minimum atomic E-state index is -4.69. The van der Waals surface area contributed by atoms with Gasteiger partial charge in [-0.3, -0.25) is 4.79 Å². The summed E-state index contributed by atoms with van der Waals surface area (Å²) >= 11 is 0. The maximum Gasteiger partial charge on any atom is 0.341 e. The molecule has 0 aliphatic rings. The highest BCUT2D eigenvalue weighted by Crippen LogP contribution is 2.19. The van der Waals surface area contributed by atoms with E-state index in [1.54, 1.807) is 0 Å². The average Bonchev–Trinajstić information content (AvgIpc) is 2.56. The first-order valence-corrected chi connectivity index (χ1v) is 8.38. The smallest absolute Gasteiger partial charge is 0.337 e. The lowest BCUT2D eigenvalue weighted by Crippen LogP contribution is -2.26. The van der Waals surface area contributed by atoms with Gasteiger partial charge >= 0.3 is 5.76 Å². The Labute approximate surface area is 137 Å². The van der Waals surface area contributed by atoms with Gasteiger partial charge in [-0.25, -0.2) is 12.8 Å². The van der Waals surface area contributed by atoms with Gasteiger partial charge in [0.05, 0.1) is 4.90 Å². The molecule has 0 saturated carbocycles. The number of halogens is 3. The summed E-state index contributed by atoms with van der Waals surface area (Å²) in [5.41, 5.74) is 0.872. The van der Waals surface area contributed by atoms with Gasteiger partial charge in [-0.1, -0.05) is 12.1 Å². The zero-order valence-electron chi connectivity index (χ0n) is 12.6. The van der Waals surface area contributed by atoms with Crippen LogP contribution >= 0.6 is 0 Å². The van der Waals surface area contributed by atoms with E-state index in [0.717, 1.165) is 12.1 Å². The first-order chi connectivity index (χ1) is 11.2. The highest BCUT2D eigenvalue weighted by molar-refractivity contribution is 7.91. The van der Waals surface area contributed by atoms with Crippen molar-refractivity contribution in [2.24, 2.45) is 0 Å². The summed E-state index contributed by atoms with van der Waals surface area (Å²) in [7, 11) is -3.16. The fourth-order valence-electron chi connectivity index (χ4n) is 2.05. The highest BCUT2D eigenvalue weighted by atomic mass is 32.2. The molecule has 0 bridgehead atoms. The normalized spacial score (nSPS) is 11.5. The molecule has 0 heterocycles. The molecule has 0 fully saturated rings. The average molecular weight is 357 g/mol. The van der Waals surface area contributed by atoms with Crippen LogP contribution in [-0.2, 0) is 16.4 Å². The van der Waals surface area contributed by atoms with E-state index in [9.17, 15) is 26.4 Å². The molecule has 0 saturated heterocycles. The molecule has 24 heavy (non-hydrogen) atoms. The SMILES string of the molecule is CN(Cc1ccc(F)cc1)C(=O)c1ccc(S(=O)(=O)C(F)F)cc1. The molecule has 0 aromatic heterocycles. The Kier molecular flexibility index (Phi) is 5.28. The number of benzene rings is 2. The topological polar surface area (TPSA) is 54.5 Å². The first kappa shape index (κ1) is 18.0. The van der Waals surface area contributed by atoms with Gasteiger partial charge in [0.15, 0.2) is 0 Å². The minimum absolute atomic E-state index is 0.160. The summed E-state index contributed by atoms with van der Waals surface area (Å²) in [5, 5.41) is 0. The van der Waals surface area contributed by atoms with Crippen molar-refractivity contribution < 1.29 is 26.4 Å². The maximum absolute atomic E-state index is 12.9. The standard InChI is InChI=1S/C16H14F3NO3S/c1-20(10-11-2-6-13(17)7-3-11)15(21)12-4-8-14(9-5-12)24(22,23)16(18)19/h2-9,16H,10H2,1H3. The van der Waals surface area contributed by atoms with Gasteiger partial charge in [0, 0.05) is 19.2 Å².